The number of alkyl halides is 3. The third-order valence-electron chi connectivity index (χ3n) is 7.50. The van der Waals surface area contributed by atoms with Crippen molar-refractivity contribution in [1.29, 1.82) is 0 Å². The van der Waals surface area contributed by atoms with Crippen molar-refractivity contribution in [3.05, 3.63) is 82.9 Å². The summed E-state index contributed by atoms with van der Waals surface area (Å²) < 4.78 is 68.6. The number of pyridine rings is 2. The van der Waals surface area contributed by atoms with Gasteiger partial charge < -0.3 is 25.6 Å². The summed E-state index contributed by atoms with van der Waals surface area (Å²) in [4.78, 5) is 33.9. The van der Waals surface area contributed by atoms with Gasteiger partial charge in [-0.15, -0.1) is 0 Å². The number of amides is 2. The highest BCUT2D eigenvalue weighted by Crippen LogP contribution is 2.47. The molecule has 0 saturated carbocycles. The van der Waals surface area contributed by atoms with E-state index in [4.69, 9.17) is 15.2 Å². The number of methoxy groups -OCH3 is 1. The number of nitrogens with one attached hydrogen (secondary N) is 1. The quantitative estimate of drug-likeness (QED) is 0.273. The molecule has 0 bridgehead atoms. The minimum absolute atomic E-state index is 0.0302. The number of nitrogens with zero attached hydrogens (tertiary/aromatic N) is 2. The number of benzene rings is 2. The Morgan fingerprint density at radius 1 is 1.16 bits per heavy atom. The van der Waals surface area contributed by atoms with Gasteiger partial charge in [-0.05, 0) is 67.9 Å². The van der Waals surface area contributed by atoms with E-state index in [1.807, 2.05) is 0 Å². The second-order valence-corrected chi connectivity index (χ2v) is 10.5. The van der Waals surface area contributed by atoms with Crippen LogP contribution in [0.1, 0.15) is 34.1 Å². The number of aromatic nitrogens is 2. The lowest BCUT2D eigenvalue weighted by Gasteiger charge is -2.31. The van der Waals surface area contributed by atoms with Crippen molar-refractivity contribution in [3.63, 3.8) is 0 Å². The number of aryl methyl sites for hydroxylation is 1. The minimum Gasteiger partial charge on any atom is -0.494 e. The number of carbonyl (C=O) groups is 2. The van der Waals surface area contributed by atoms with Gasteiger partial charge in [-0.1, -0.05) is 0 Å². The molecule has 2 amide bonds. The maximum Gasteiger partial charge on any atom is 0.424 e. The molecule has 1 aliphatic heterocycles. The van der Waals surface area contributed by atoms with Gasteiger partial charge in [-0.25, -0.2) is 9.37 Å². The molecular weight excluding hydrogens is 572 g/mol. The zero-order valence-electron chi connectivity index (χ0n) is 23.2. The summed E-state index contributed by atoms with van der Waals surface area (Å²) in [5.41, 5.74) is 0.516. The average molecular weight is 599 g/mol. The van der Waals surface area contributed by atoms with Gasteiger partial charge in [0.2, 0.25) is 11.5 Å². The summed E-state index contributed by atoms with van der Waals surface area (Å²) in [6.07, 6.45) is -3.75. The van der Waals surface area contributed by atoms with Crippen molar-refractivity contribution >= 4 is 22.7 Å². The standard InChI is InChI=1S/C30H26F4N4O5/c1-15-8-17-9-18(10-21(42-3)23(17)36-12-15)26(39)37-13-29(41,30(32,33)34)22-11-20-25(43-14-28(20,2)27(35)40)24(38-22)16-4-6-19(31)7-5-16/h4-12,41H,13-14H2,1-3H3,(H2,35,40)(H,37,39)/t28-,29-/m0/s1. The van der Waals surface area contributed by atoms with E-state index in [9.17, 15) is 32.3 Å². The SMILES string of the molecule is COc1cc(C(=O)NC[C@](O)(c2cc3c(c(-c4ccc(F)cc4)n2)OC[C@]3(C)C(N)=O)C(F)(F)F)cc2cc(C)cnc12. The molecule has 0 saturated heterocycles. The third-order valence-corrected chi connectivity index (χ3v) is 7.50. The van der Waals surface area contributed by atoms with Crippen molar-refractivity contribution in [2.75, 3.05) is 20.3 Å². The van der Waals surface area contributed by atoms with Crippen molar-refractivity contribution in [1.82, 2.24) is 15.3 Å². The Hall–Kier alpha value is -4.78. The Morgan fingerprint density at radius 2 is 1.86 bits per heavy atom. The number of ether oxygens (including phenoxy) is 2. The van der Waals surface area contributed by atoms with Crippen LogP contribution in [0.4, 0.5) is 17.6 Å². The van der Waals surface area contributed by atoms with Crippen molar-refractivity contribution in [3.8, 4) is 22.8 Å². The van der Waals surface area contributed by atoms with E-state index >= 15 is 0 Å². The van der Waals surface area contributed by atoms with Crippen molar-refractivity contribution in [2.45, 2.75) is 31.0 Å². The number of primary amides is 1. The molecule has 0 aliphatic carbocycles. The summed E-state index contributed by atoms with van der Waals surface area (Å²) in [5.74, 6) is -2.23. The highest BCUT2D eigenvalue weighted by atomic mass is 19.4. The number of fused-ring (bicyclic) bond motifs is 2. The first-order valence-corrected chi connectivity index (χ1v) is 12.9. The summed E-state index contributed by atoms with van der Waals surface area (Å²) in [7, 11) is 1.36. The van der Waals surface area contributed by atoms with Crippen LogP contribution in [0.5, 0.6) is 11.5 Å². The number of aliphatic hydroxyl groups is 1. The molecule has 224 valence electrons. The minimum atomic E-state index is -5.35. The summed E-state index contributed by atoms with van der Waals surface area (Å²) >= 11 is 0. The van der Waals surface area contributed by atoms with Crippen LogP contribution in [-0.4, -0.2) is 53.3 Å². The highest BCUT2D eigenvalue weighted by molar-refractivity contribution is 6.00. The first-order chi connectivity index (χ1) is 20.2. The Balaban J connectivity index is 1.59. The molecule has 1 aliphatic rings. The first-order valence-electron chi connectivity index (χ1n) is 12.9. The maximum atomic E-state index is 14.7. The van der Waals surface area contributed by atoms with E-state index in [0.717, 1.165) is 23.8 Å². The van der Waals surface area contributed by atoms with E-state index in [1.165, 1.54) is 38.3 Å². The van der Waals surface area contributed by atoms with Gasteiger partial charge in [-0.3, -0.25) is 14.6 Å². The molecule has 2 atom stereocenters. The molecule has 9 nitrogen and oxygen atoms in total. The van der Waals surface area contributed by atoms with Crippen molar-refractivity contribution in [2.24, 2.45) is 5.73 Å². The molecule has 2 aromatic carbocycles. The second kappa shape index (κ2) is 10.5. The van der Waals surface area contributed by atoms with E-state index in [2.05, 4.69) is 15.3 Å². The van der Waals surface area contributed by atoms with Crippen LogP contribution in [0, 0.1) is 12.7 Å². The Bertz CT molecular complexity index is 1760. The number of halogens is 4. The molecule has 0 fully saturated rings. The topological polar surface area (TPSA) is 137 Å². The monoisotopic (exact) mass is 598 g/mol. The first kappa shape index (κ1) is 29.7. The predicted molar refractivity (Wildman–Crippen MR) is 147 cm³/mol. The van der Waals surface area contributed by atoms with Gasteiger partial charge >= 0.3 is 6.18 Å². The fourth-order valence-corrected chi connectivity index (χ4v) is 4.86. The van der Waals surface area contributed by atoms with Crippen LogP contribution in [-0.2, 0) is 15.8 Å². The normalized spacial score (nSPS) is 17.6. The molecule has 0 unspecified atom stereocenters. The molecule has 0 radical (unpaired) electrons. The Kier molecular flexibility index (Phi) is 7.25. The largest absolute Gasteiger partial charge is 0.494 e. The lowest BCUT2D eigenvalue weighted by molar-refractivity contribution is -0.265. The van der Waals surface area contributed by atoms with E-state index in [1.54, 1.807) is 19.2 Å². The number of hydrogen-bond donors (Lipinski definition) is 3. The Labute approximate surface area is 242 Å². The molecule has 13 heteroatoms. The fraction of sp³-hybridized carbons (Fsp3) is 0.267. The van der Waals surface area contributed by atoms with Crippen LogP contribution in [0.15, 0.2) is 54.7 Å². The molecule has 5 rings (SSSR count). The smallest absolute Gasteiger partial charge is 0.424 e. The predicted octanol–water partition coefficient (Wildman–Crippen LogP) is 4.07. The van der Waals surface area contributed by atoms with E-state index in [-0.39, 0.29) is 40.5 Å². The lowest BCUT2D eigenvalue weighted by atomic mass is 9.81. The molecule has 4 N–H and O–H groups in total. The lowest BCUT2D eigenvalue weighted by Crippen LogP contribution is -2.51. The summed E-state index contributed by atoms with van der Waals surface area (Å²) in [6.45, 7) is 1.53. The van der Waals surface area contributed by atoms with Crippen LogP contribution in [0.2, 0.25) is 0 Å². The number of carbonyl (C=O) groups excluding carboxylic acids is 2. The van der Waals surface area contributed by atoms with Crippen LogP contribution in [0.3, 0.4) is 0 Å². The van der Waals surface area contributed by atoms with Gasteiger partial charge in [-0.2, -0.15) is 13.2 Å². The second-order valence-electron chi connectivity index (χ2n) is 10.5. The van der Waals surface area contributed by atoms with Gasteiger partial charge in [0.1, 0.15) is 40.5 Å². The molecule has 43 heavy (non-hydrogen) atoms. The van der Waals surface area contributed by atoms with E-state index in [0.29, 0.717) is 10.9 Å². The Morgan fingerprint density at radius 3 is 2.49 bits per heavy atom. The van der Waals surface area contributed by atoms with Crippen LogP contribution < -0.4 is 20.5 Å². The molecule has 3 heterocycles. The maximum absolute atomic E-state index is 14.7. The molecular formula is C30H26F4N4O5. The van der Waals surface area contributed by atoms with Gasteiger partial charge in [0.15, 0.2) is 0 Å². The summed E-state index contributed by atoms with van der Waals surface area (Å²) in [5, 5.41) is 13.9. The van der Waals surface area contributed by atoms with Gasteiger partial charge in [0, 0.05) is 28.3 Å². The van der Waals surface area contributed by atoms with Crippen LogP contribution >= 0.6 is 0 Å². The zero-order chi connectivity index (χ0) is 31.3. The molecule has 4 aromatic rings. The fourth-order valence-electron chi connectivity index (χ4n) is 4.86. The third kappa shape index (κ3) is 5.09. The van der Waals surface area contributed by atoms with Crippen molar-refractivity contribution < 1.29 is 41.7 Å². The highest BCUT2D eigenvalue weighted by Gasteiger charge is 2.57. The molecule has 0 spiro atoms. The average Bonchev–Trinajstić information content (AvgIpc) is 3.32. The van der Waals surface area contributed by atoms with E-state index < -0.39 is 47.1 Å². The van der Waals surface area contributed by atoms with Gasteiger partial charge in [0.05, 0.1) is 19.3 Å². The zero-order valence-corrected chi connectivity index (χ0v) is 23.2. The number of nitrogens with two attached hydrogens (primary N) is 1. The van der Waals surface area contributed by atoms with Gasteiger partial charge in [0.25, 0.3) is 5.91 Å². The molecule has 2 aromatic heterocycles. The van der Waals surface area contributed by atoms with Crippen LogP contribution in [0.25, 0.3) is 22.2 Å². The summed E-state index contributed by atoms with van der Waals surface area (Å²) in [6, 6.07) is 10.1. The number of rotatable bonds is 7. The number of hydrogen-bond acceptors (Lipinski definition) is 7.